The number of thiazole rings is 1. The molecule has 0 saturated carbocycles. The van der Waals surface area contributed by atoms with Crippen LogP contribution >= 0.6 is 22.7 Å². The summed E-state index contributed by atoms with van der Waals surface area (Å²) in [6.45, 7) is 0.208. The van der Waals surface area contributed by atoms with E-state index >= 15 is 0 Å². The average molecular weight is 473 g/mol. The van der Waals surface area contributed by atoms with Crippen molar-refractivity contribution in [3.05, 3.63) is 62.3 Å². The molecule has 0 unspecified atom stereocenters. The molecule has 5 rings (SSSR count). The number of aromatic nitrogens is 3. The van der Waals surface area contributed by atoms with Gasteiger partial charge >= 0.3 is 0 Å². The fourth-order valence-electron chi connectivity index (χ4n) is 3.86. The zero-order valence-corrected chi connectivity index (χ0v) is 18.5. The molecule has 0 saturated heterocycles. The van der Waals surface area contributed by atoms with E-state index < -0.39 is 11.6 Å². The molecule has 6 nitrogen and oxygen atoms in total. The predicted octanol–water partition coefficient (Wildman–Crippen LogP) is 4.77. The number of amides is 1. The summed E-state index contributed by atoms with van der Waals surface area (Å²) in [5, 5.41) is 5.40. The van der Waals surface area contributed by atoms with Gasteiger partial charge in [0.25, 0.3) is 5.56 Å². The Labute approximate surface area is 189 Å². The molecule has 0 aliphatic heterocycles. The number of halogens is 2. The normalized spacial score (nSPS) is 13.3. The van der Waals surface area contributed by atoms with Gasteiger partial charge < -0.3 is 5.32 Å². The highest BCUT2D eigenvalue weighted by Gasteiger charge is 2.20. The van der Waals surface area contributed by atoms with Crippen molar-refractivity contribution < 1.29 is 13.6 Å². The summed E-state index contributed by atoms with van der Waals surface area (Å²) in [6.07, 6.45) is 5.71. The van der Waals surface area contributed by atoms with Crippen molar-refractivity contribution in [1.29, 1.82) is 0 Å². The molecule has 1 aliphatic carbocycles. The second-order valence-corrected chi connectivity index (χ2v) is 9.54. The first-order valence-electron chi connectivity index (χ1n) is 10.2. The van der Waals surface area contributed by atoms with Gasteiger partial charge in [0, 0.05) is 28.8 Å². The van der Waals surface area contributed by atoms with Crippen molar-refractivity contribution in [1.82, 2.24) is 14.5 Å². The lowest BCUT2D eigenvalue weighted by Gasteiger charge is -2.10. The van der Waals surface area contributed by atoms with Gasteiger partial charge in [-0.3, -0.25) is 14.2 Å². The summed E-state index contributed by atoms with van der Waals surface area (Å²) < 4.78 is 28.0. The van der Waals surface area contributed by atoms with E-state index in [1.54, 1.807) is 16.7 Å². The van der Waals surface area contributed by atoms with Gasteiger partial charge in [0.15, 0.2) is 16.8 Å². The third-order valence-corrected chi connectivity index (χ3v) is 7.45. The van der Waals surface area contributed by atoms with Gasteiger partial charge in [-0.15, -0.1) is 22.7 Å². The Morgan fingerprint density at radius 2 is 2.03 bits per heavy atom. The zero-order chi connectivity index (χ0) is 22.2. The molecule has 32 heavy (non-hydrogen) atoms. The summed E-state index contributed by atoms with van der Waals surface area (Å²) in [4.78, 5) is 36.1. The zero-order valence-electron chi connectivity index (χ0n) is 16.9. The molecule has 4 aromatic rings. The first kappa shape index (κ1) is 20.9. The molecule has 0 atom stereocenters. The van der Waals surface area contributed by atoms with Crippen molar-refractivity contribution in [3.63, 3.8) is 0 Å². The SMILES string of the molecule is O=C(CCn1cnc2sc3c(c2c1=O)CCCC3)Nc1nc(-c2ccc(F)c(F)c2)cs1. The Morgan fingerprint density at radius 1 is 1.19 bits per heavy atom. The summed E-state index contributed by atoms with van der Waals surface area (Å²) in [5.74, 6) is -2.18. The number of rotatable bonds is 5. The van der Waals surface area contributed by atoms with E-state index in [4.69, 9.17) is 0 Å². The van der Waals surface area contributed by atoms with Crippen molar-refractivity contribution >= 4 is 43.9 Å². The molecule has 3 heterocycles. The van der Waals surface area contributed by atoms with E-state index in [-0.39, 0.29) is 24.4 Å². The minimum atomic E-state index is -0.955. The number of nitrogens with zero attached hydrogens (tertiary/aromatic N) is 3. The van der Waals surface area contributed by atoms with Gasteiger partial charge in [-0.25, -0.2) is 18.7 Å². The molecular weight excluding hydrogens is 454 g/mol. The Bertz CT molecular complexity index is 1390. The quantitative estimate of drug-likeness (QED) is 0.454. The van der Waals surface area contributed by atoms with Gasteiger partial charge in [0.05, 0.1) is 17.4 Å². The molecule has 10 heteroatoms. The van der Waals surface area contributed by atoms with Crippen molar-refractivity contribution in [3.8, 4) is 11.3 Å². The number of hydrogen-bond donors (Lipinski definition) is 1. The maximum Gasteiger partial charge on any atom is 0.262 e. The largest absolute Gasteiger partial charge is 0.302 e. The highest BCUT2D eigenvalue weighted by atomic mass is 32.1. The van der Waals surface area contributed by atoms with Crippen molar-refractivity contribution in [2.24, 2.45) is 0 Å². The van der Waals surface area contributed by atoms with Crippen LogP contribution in [0.5, 0.6) is 0 Å². The predicted molar refractivity (Wildman–Crippen MR) is 121 cm³/mol. The van der Waals surface area contributed by atoms with Crippen molar-refractivity contribution in [2.75, 3.05) is 5.32 Å². The Kier molecular flexibility index (Phi) is 5.56. The number of carbonyl (C=O) groups is 1. The summed E-state index contributed by atoms with van der Waals surface area (Å²) in [7, 11) is 0. The van der Waals surface area contributed by atoms with Crippen LogP contribution in [0.15, 0.2) is 34.7 Å². The number of fused-ring (bicyclic) bond motifs is 3. The molecule has 0 bridgehead atoms. The van der Waals surface area contributed by atoms with Crippen LogP contribution in [0.1, 0.15) is 29.7 Å². The smallest absolute Gasteiger partial charge is 0.262 e. The number of thiophene rings is 1. The Balaban J connectivity index is 1.27. The first-order valence-corrected chi connectivity index (χ1v) is 11.9. The summed E-state index contributed by atoms with van der Waals surface area (Å²) in [6, 6.07) is 3.53. The van der Waals surface area contributed by atoms with Gasteiger partial charge in [-0.05, 0) is 49.4 Å². The maximum absolute atomic E-state index is 13.4. The summed E-state index contributed by atoms with van der Waals surface area (Å²) >= 11 is 2.78. The molecule has 0 radical (unpaired) electrons. The lowest BCUT2D eigenvalue weighted by Crippen LogP contribution is -2.24. The maximum atomic E-state index is 13.4. The summed E-state index contributed by atoms with van der Waals surface area (Å²) in [5.41, 5.74) is 1.89. The number of carbonyl (C=O) groups excluding carboxylic acids is 1. The van der Waals surface area contributed by atoms with Crippen LogP contribution in [0, 0.1) is 11.6 Å². The van der Waals surface area contributed by atoms with E-state index in [2.05, 4.69) is 15.3 Å². The van der Waals surface area contributed by atoms with E-state index in [1.807, 2.05) is 0 Å². The van der Waals surface area contributed by atoms with Gasteiger partial charge in [0.1, 0.15) is 4.83 Å². The van der Waals surface area contributed by atoms with E-state index in [0.717, 1.165) is 48.2 Å². The van der Waals surface area contributed by atoms with E-state index in [1.165, 1.54) is 33.2 Å². The van der Waals surface area contributed by atoms with Crippen LogP contribution in [-0.2, 0) is 24.2 Å². The molecule has 1 aliphatic rings. The molecule has 164 valence electrons. The highest BCUT2D eigenvalue weighted by molar-refractivity contribution is 7.18. The second-order valence-electron chi connectivity index (χ2n) is 7.60. The van der Waals surface area contributed by atoms with Gasteiger partial charge in [-0.2, -0.15) is 0 Å². The highest BCUT2D eigenvalue weighted by Crippen LogP contribution is 2.33. The van der Waals surface area contributed by atoms with Crippen LogP contribution in [0.25, 0.3) is 21.5 Å². The number of benzene rings is 1. The molecule has 1 aromatic carbocycles. The van der Waals surface area contributed by atoms with E-state index in [9.17, 15) is 18.4 Å². The molecule has 0 spiro atoms. The van der Waals surface area contributed by atoms with Crippen LogP contribution in [0.4, 0.5) is 13.9 Å². The van der Waals surface area contributed by atoms with Crippen molar-refractivity contribution in [2.45, 2.75) is 38.6 Å². The minimum absolute atomic E-state index is 0.0828. The second kappa shape index (κ2) is 8.51. The minimum Gasteiger partial charge on any atom is -0.302 e. The standard InChI is InChI=1S/C22H18F2N4O2S2/c23-14-6-5-12(9-15(14)24)16-10-31-22(26-16)27-18(29)7-8-28-11-25-20-19(21(28)30)13-3-1-2-4-17(13)32-20/h5-6,9-11H,1-4,7-8H2,(H,26,27,29). The molecule has 3 aromatic heterocycles. The molecule has 1 N–H and O–H groups in total. The van der Waals surface area contributed by atoms with Crippen LogP contribution in [0.3, 0.4) is 0 Å². The first-order chi connectivity index (χ1) is 15.5. The van der Waals surface area contributed by atoms with Gasteiger partial charge in [0.2, 0.25) is 5.91 Å². The lowest BCUT2D eigenvalue weighted by atomic mass is 9.97. The van der Waals surface area contributed by atoms with E-state index in [0.29, 0.717) is 21.8 Å². The molecular formula is C22H18F2N4O2S2. The third-order valence-electron chi connectivity index (χ3n) is 5.49. The monoisotopic (exact) mass is 472 g/mol. The van der Waals surface area contributed by atoms with Crippen LogP contribution in [-0.4, -0.2) is 20.4 Å². The number of nitrogens with one attached hydrogen (secondary N) is 1. The number of anilines is 1. The van der Waals surface area contributed by atoms with Gasteiger partial charge in [-0.1, -0.05) is 0 Å². The topological polar surface area (TPSA) is 76.9 Å². The third kappa shape index (κ3) is 3.95. The average Bonchev–Trinajstić information content (AvgIpc) is 3.40. The molecule has 0 fully saturated rings. The number of hydrogen-bond acceptors (Lipinski definition) is 6. The molecule has 1 amide bonds. The van der Waals surface area contributed by atoms with Crippen LogP contribution in [0.2, 0.25) is 0 Å². The Hall–Kier alpha value is -2.98. The lowest BCUT2D eigenvalue weighted by molar-refractivity contribution is -0.116. The van der Waals surface area contributed by atoms with Crippen LogP contribution < -0.4 is 10.9 Å². The Morgan fingerprint density at radius 3 is 2.88 bits per heavy atom. The number of aryl methyl sites for hydroxylation is 3. The fourth-order valence-corrected chi connectivity index (χ4v) is 5.82. The fraction of sp³-hybridized carbons (Fsp3) is 0.273.